The fraction of sp³-hybridized carbons (Fsp3) is 0.579. The predicted octanol–water partition coefficient (Wildman–Crippen LogP) is 1.76. The van der Waals surface area contributed by atoms with E-state index in [0.29, 0.717) is 12.5 Å². The van der Waals surface area contributed by atoms with Crippen LogP contribution in [-0.2, 0) is 17.9 Å². The largest absolute Gasteiger partial charge is 0.339 e. The monoisotopic (exact) mass is 373 g/mol. The van der Waals surface area contributed by atoms with E-state index in [4.69, 9.17) is 0 Å². The smallest absolute Gasteiger partial charge is 0.244 e. The molecule has 0 radical (unpaired) electrons. The van der Waals surface area contributed by atoms with E-state index in [-0.39, 0.29) is 5.91 Å². The van der Waals surface area contributed by atoms with Crippen LogP contribution in [0.4, 0.5) is 0 Å². The van der Waals surface area contributed by atoms with Crippen LogP contribution in [0.5, 0.6) is 0 Å². The molecule has 1 N–H and O–H groups in total. The normalized spacial score (nSPS) is 21.8. The second-order valence-electron chi connectivity index (χ2n) is 7.19. The SMILES string of the molecule is O=C(Cn1nccc1[C@H]1CCCNC1)N1CCN(Cc2cccs2)CC1. The first-order valence-electron chi connectivity index (χ1n) is 9.54. The number of piperidine rings is 1. The molecule has 0 aromatic carbocycles. The summed E-state index contributed by atoms with van der Waals surface area (Å²) in [7, 11) is 0. The molecule has 2 aliphatic heterocycles. The summed E-state index contributed by atoms with van der Waals surface area (Å²) in [6.07, 6.45) is 4.19. The molecular formula is C19H27N5OS. The van der Waals surface area contributed by atoms with Crippen molar-refractivity contribution in [3.05, 3.63) is 40.3 Å². The zero-order valence-corrected chi connectivity index (χ0v) is 16.0. The van der Waals surface area contributed by atoms with Gasteiger partial charge < -0.3 is 10.2 Å². The Labute approximate surface area is 158 Å². The molecule has 0 spiro atoms. The maximum absolute atomic E-state index is 12.8. The van der Waals surface area contributed by atoms with Crippen molar-refractivity contribution in [2.45, 2.75) is 31.8 Å². The van der Waals surface area contributed by atoms with Crippen LogP contribution in [0, 0.1) is 0 Å². The molecule has 1 atom stereocenters. The van der Waals surface area contributed by atoms with Gasteiger partial charge in [-0.3, -0.25) is 14.4 Å². The summed E-state index contributed by atoms with van der Waals surface area (Å²) < 4.78 is 1.91. The summed E-state index contributed by atoms with van der Waals surface area (Å²) in [5, 5.41) is 10.00. The number of aromatic nitrogens is 2. The first kappa shape index (κ1) is 17.7. The molecule has 2 fully saturated rings. The number of thiophene rings is 1. The Balaban J connectivity index is 1.30. The van der Waals surface area contributed by atoms with Gasteiger partial charge in [-0.1, -0.05) is 6.07 Å². The van der Waals surface area contributed by atoms with Gasteiger partial charge in [-0.2, -0.15) is 5.10 Å². The molecular weight excluding hydrogens is 346 g/mol. The van der Waals surface area contributed by atoms with Gasteiger partial charge in [0.05, 0.1) is 0 Å². The molecule has 0 unspecified atom stereocenters. The molecule has 2 aromatic rings. The van der Waals surface area contributed by atoms with Crippen LogP contribution in [-0.4, -0.2) is 64.8 Å². The van der Waals surface area contributed by atoms with E-state index >= 15 is 0 Å². The third-order valence-corrected chi connectivity index (χ3v) is 6.30. The second kappa shape index (κ2) is 8.33. The second-order valence-corrected chi connectivity index (χ2v) is 8.23. The van der Waals surface area contributed by atoms with Gasteiger partial charge in [-0.25, -0.2) is 0 Å². The average molecular weight is 374 g/mol. The molecule has 4 rings (SSSR count). The fourth-order valence-electron chi connectivity index (χ4n) is 3.93. The van der Waals surface area contributed by atoms with E-state index in [1.807, 2.05) is 15.8 Å². The third-order valence-electron chi connectivity index (χ3n) is 5.43. The molecule has 140 valence electrons. The highest BCUT2D eigenvalue weighted by atomic mass is 32.1. The Morgan fingerprint density at radius 1 is 1.27 bits per heavy atom. The number of hydrogen-bond acceptors (Lipinski definition) is 5. The first-order valence-corrected chi connectivity index (χ1v) is 10.4. The standard InChI is InChI=1S/C19H27N5OS/c25-19(15-24-18(5-7-21-24)16-3-1-6-20-13-16)23-10-8-22(9-11-23)14-17-4-2-12-26-17/h2,4-5,7,12,16,20H,1,3,6,8-11,13-15H2/t16-/m0/s1. The molecule has 4 heterocycles. The molecule has 0 aliphatic carbocycles. The van der Waals surface area contributed by atoms with Gasteiger partial charge in [0.15, 0.2) is 0 Å². The minimum atomic E-state index is 0.189. The molecule has 1 amide bonds. The van der Waals surface area contributed by atoms with Crippen molar-refractivity contribution in [3.63, 3.8) is 0 Å². The van der Waals surface area contributed by atoms with Crippen molar-refractivity contribution in [1.29, 1.82) is 0 Å². The number of piperazine rings is 1. The summed E-state index contributed by atoms with van der Waals surface area (Å²) in [5.41, 5.74) is 1.20. The van der Waals surface area contributed by atoms with E-state index in [1.54, 1.807) is 11.3 Å². The molecule has 7 heteroatoms. The van der Waals surface area contributed by atoms with E-state index < -0.39 is 0 Å². The first-order chi connectivity index (χ1) is 12.8. The van der Waals surface area contributed by atoms with E-state index in [9.17, 15) is 4.79 Å². The Hall–Kier alpha value is -1.70. The summed E-state index contributed by atoms with van der Waals surface area (Å²) in [5.74, 6) is 0.663. The van der Waals surface area contributed by atoms with Crippen molar-refractivity contribution < 1.29 is 4.79 Å². The van der Waals surface area contributed by atoms with Crippen LogP contribution < -0.4 is 5.32 Å². The van der Waals surface area contributed by atoms with Crippen LogP contribution in [0.3, 0.4) is 0 Å². The molecule has 2 aliphatic rings. The number of nitrogens with one attached hydrogen (secondary N) is 1. The third kappa shape index (κ3) is 4.16. The summed E-state index contributed by atoms with van der Waals surface area (Å²) in [4.78, 5) is 18.6. The van der Waals surface area contributed by atoms with Crippen molar-refractivity contribution in [1.82, 2.24) is 24.9 Å². The van der Waals surface area contributed by atoms with Crippen molar-refractivity contribution in [2.24, 2.45) is 0 Å². The van der Waals surface area contributed by atoms with Crippen LogP contribution in [0.15, 0.2) is 29.8 Å². The van der Waals surface area contributed by atoms with Crippen LogP contribution in [0.25, 0.3) is 0 Å². The number of nitrogens with zero attached hydrogens (tertiary/aromatic N) is 4. The molecule has 26 heavy (non-hydrogen) atoms. The van der Waals surface area contributed by atoms with Gasteiger partial charge in [0.1, 0.15) is 6.54 Å². The maximum Gasteiger partial charge on any atom is 0.244 e. The zero-order valence-electron chi connectivity index (χ0n) is 15.1. The highest BCUT2D eigenvalue weighted by Gasteiger charge is 2.24. The number of amides is 1. The molecule has 6 nitrogen and oxygen atoms in total. The summed E-state index contributed by atoms with van der Waals surface area (Å²) in [6, 6.07) is 6.36. The topological polar surface area (TPSA) is 53.4 Å². The lowest BCUT2D eigenvalue weighted by molar-refractivity contribution is -0.133. The van der Waals surface area contributed by atoms with Gasteiger partial charge in [-0.05, 0) is 36.9 Å². The zero-order chi connectivity index (χ0) is 17.8. The Kier molecular flexibility index (Phi) is 5.67. The van der Waals surface area contributed by atoms with E-state index in [0.717, 1.165) is 45.8 Å². The minimum Gasteiger partial charge on any atom is -0.339 e. The van der Waals surface area contributed by atoms with E-state index in [1.165, 1.54) is 23.4 Å². The Morgan fingerprint density at radius 3 is 2.88 bits per heavy atom. The van der Waals surface area contributed by atoms with Gasteiger partial charge in [-0.15, -0.1) is 11.3 Å². The Bertz CT molecular complexity index is 699. The summed E-state index contributed by atoms with van der Waals surface area (Å²) in [6.45, 7) is 6.96. The lowest BCUT2D eigenvalue weighted by atomic mass is 9.96. The molecule has 0 bridgehead atoms. The lowest BCUT2D eigenvalue weighted by Crippen LogP contribution is -2.49. The van der Waals surface area contributed by atoms with Crippen LogP contribution in [0.2, 0.25) is 0 Å². The van der Waals surface area contributed by atoms with E-state index in [2.05, 4.69) is 38.9 Å². The van der Waals surface area contributed by atoms with Gasteiger partial charge >= 0.3 is 0 Å². The number of hydrogen-bond donors (Lipinski definition) is 1. The highest BCUT2D eigenvalue weighted by molar-refractivity contribution is 7.09. The molecule has 2 aromatic heterocycles. The van der Waals surface area contributed by atoms with Crippen molar-refractivity contribution >= 4 is 17.2 Å². The van der Waals surface area contributed by atoms with Crippen molar-refractivity contribution in [3.8, 4) is 0 Å². The van der Waals surface area contributed by atoms with Crippen LogP contribution >= 0.6 is 11.3 Å². The van der Waals surface area contributed by atoms with Gasteiger partial charge in [0, 0.05) is 62.0 Å². The average Bonchev–Trinajstić information content (AvgIpc) is 3.35. The number of carbonyl (C=O) groups is 1. The number of rotatable bonds is 5. The minimum absolute atomic E-state index is 0.189. The molecule has 0 saturated carbocycles. The Morgan fingerprint density at radius 2 is 2.15 bits per heavy atom. The van der Waals surface area contributed by atoms with Crippen LogP contribution in [0.1, 0.15) is 29.3 Å². The maximum atomic E-state index is 12.8. The summed E-state index contributed by atoms with van der Waals surface area (Å²) >= 11 is 1.80. The molecule has 2 saturated heterocycles. The lowest BCUT2D eigenvalue weighted by Gasteiger charge is -2.34. The van der Waals surface area contributed by atoms with Crippen molar-refractivity contribution in [2.75, 3.05) is 39.3 Å². The predicted molar refractivity (Wildman–Crippen MR) is 103 cm³/mol. The van der Waals surface area contributed by atoms with Gasteiger partial charge in [0.25, 0.3) is 0 Å². The highest BCUT2D eigenvalue weighted by Crippen LogP contribution is 2.23. The van der Waals surface area contributed by atoms with Gasteiger partial charge in [0.2, 0.25) is 5.91 Å². The quantitative estimate of drug-likeness (QED) is 0.868. The fourth-order valence-corrected chi connectivity index (χ4v) is 4.68. The number of carbonyl (C=O) groups excluding carboxylic acids is 1.